The molecule has 3 aromatic rings. The van der Waals surface area contributed by atoms with Crippen molar-refractivity contribution in [2.75, 3.05) is 6.61 Å². The van der Waals surface area contributed by atoms with Crippen LogP contribution in [0, 0.1) is 10.1 Å². The number of aliphatic imine (C=N–C) groups is 1. The molecule has 2 heterocycles. The first kappa shape index (κ1) is 19.2. The van der Waals surface area contributed by atoms with Crippen LogP contribution in [0.2, 0.25) is 0 Å². The Morgan fingerprint density at radius 2 is 2.14 bits per heavy atom. The Labute approximate surface area is 162 Å². The summed E-state index contributed by atoms with van der Waals surface area (Å²) in [6.07, 6.45) is 1.33. The average Bonchev–Trinajstić information content (AvgIpc) is 3.26. The number of carbonyl (C=O) groups excluding carboxylic acids is 1. The summed E-state index contributed by atoms with van der Waals surface area (Å²) in [6.45, 7) is 2.03. The van der Waals surface area contributed by atoms with Crippen LogP contribution in [0.3, 0.4) is 0 Å². The SMILES string of the molecule is CCOC(=O)Cc1csc(N=Cc2nc(-c3ccc([N+](=O)[O-])cc3)oc2O)n1. The molecule has 0 radical (unpaired) electrons. The molecule has 3 rings (SSSR count). The highest BCUT2D eigenvalue weighted by atomic mass is 32.1. The van der Waals surface area contributed by atoms with Gasteiger partial charge in [-0.15, -0.1) is 11.3 Å². The Hall–Kier alpha value is -3.60. The number of benzene rings is 1. The van der Waals surface area contributed by atoms with E-state index in [1.165, 1.54) is 41.8 Å². The Morgan fingerprint density at radius 3 is 2.82 bits per heavy atom. The lowest BCUT2D eigenvalue weighted by atomic mass is 10.2. The number of esters is 1. The van der Waals surface area contributed by atoms with Crippen molar-refractivity contribution in [2.24, 2.45) is 4.99 Å². The lowest BCUT2D eigenvalue weighted by Crippen LogP contribution is -2.07. The third-order valence-electron chi connectivity index (χ3n) is 3.43. The molecule has 0 saturated heterocycles. The summed E-state index contributed by atoms with van der Waals surface area (Å²) in [6, 6.07) is 5.55. The van der Waals surface area contributed by atoms with Crippen molar-refractivity contribution < 1.29 is 24.0 Å². The van der Waals surface area contributed by atoms with Crippen LogP contribution in [0.1, 0.15) is 18.3 Å². The maximum absolute atomic E-state index is 11.5. The molecule has 1 aromatic carbocycles. The molecule has 0 unspecified atom stereocenters. The van der Waals surface area contributed by atoms with Crippen LogP contribution in [0.25, 0.3) is 11.5 Å². The number of thiazole rings is 1. The second-order valence-electron chi connectivity index (χ2n) is 5.37. The minimum atomic E-state index is -0.515. The number of nitro groups is 1. The minimum Gasteiger partial charge on any atom is -0.479 e. The fraction of sp³-hybridized carbons (Fsp3) is 0.176. The van der Waals surface area contributed by atoms with Gasteiger partial charge in [0.05, 0.1) is 29.9 Å². The smallest absolute Gasteiger partial charge is 0.312 e. The summed E-state index contributed by atoms with van der Waals surface area (Å²) >= 11 is 1.22. The highest BCUT2D eigenvalue weighted by Crippen LogP contribution is 2.27. The van der Waals surface area contributed by atoms with E-state index in [0.717, 1.165) is 0 Å². The van der Waals surface area contributed by atoms with Crippen LogP contribution >= 0.6 is 11.3 Å². The molecule has 1 N–H and O–H groups in total. The van der Waals surface area contributed by atoms with E-state index in [2.05, 4.69) is 15.0 Å². The lowest BCUT2D eigenvalue weighted by Gasteiger charge is -1.97. The van der Waals surface area contributed by atoms with E-state index in [9.17, 15) is 20.0 Å². The van der Waals surface area contributed by atoms with Crippen LogP contribution in [-0.4, -0.2) is 38.8 Å². The van der Waals surface area contributed by atoms with Gasteiger partial charge in [-0.3, -0.25) is 14.9 Å². The van der Waals surface area contributed by atoms with Crippen LogP contribution in [0.15, 0.2) is 39.1 Å². The van der Waals surface area contributed by atoms with Gasteiger partial charge in [0.15, 0.2) is 5.69 Å². The van der Waals surface area contributed by atoms with Crippen LogP contribution < -0.4 is 0 Å². The number of nitro benzene ring substituents is 1. The molecule has 0 spiro atoms. The fourth-order valence-electron chi connectivity index (χ4n) is 2.17. The van der Waals surface area contributed by atoms with Crippen molar-refractivity contribution in [1.29, 1.82) is 0 Å². The van der Waals surface area contributed by atoms with Gasteiger partial charge in [0.2, 0.25) is 11.0 Å². The zero-order chi connectivity index (χ0) is 20.1. The van der Waals surface area contributed by atoms with Crippen LogP contribution in [-0.2, 0) is 16.0 Å². The summed E-state index contributed by atoms with van der Waals surface area (Å²) in [5, 5.41) is 22.7. The Balaban J connectivity index is 1.72. The molecule has 0 atom stereocenters. The quantitative estimate of drug-likeness (QED) is 0.275. The third kappa shape index (κ3) is 4.57. The molecule has 10 nitrogen and oxygen atoms in total. The standard InChI is InChI=1S/C17H14N4O6S/c1-2-26-14(22)7-11-9-28-17(19-11)18-8-13-16(23)27-15(20-13)10-3-5-12(6-4-10)21(24)25/h3-6,8-9,23H,2,7H2,1H3. The highest BCUT2D eigenvalue weighted by Gasteiger charge is 2.14. The van der Waals surface area contributed by atoms with Crippen LogP contribution in [0.4, 0.5) is 10.8 Å². The molecular formula is C17H14N4O6S. The minimum absolute atomic E-state index is 0.0549. The number of nitrogens with zero attached hydrogens (tertiary/aromatic N) is 4. The molecule has 0 saturated carbocycles. The molecule has 144 valence electrons. The topological polar surface area (TPSA) is 141 Å². The third-order valence-corrected chi connectivity index (χ3v) is 4.22. The number of aromatic nitrogens is 2. The van der Waals surface area contributed by atoms with Gasteiger partial charge in [0.25, 0.3) is 5.69 Å². The van der Waals surface area contributed by atoms with Crippen LogP contribution in [0.5, 0.6) is 5.95 Å². The monoisotopic (exact) mass is 402 g/mol. The van der Waals surface area contributed by atoms with Crippen molar-refractivity contribution in [1.82, 2.24) is 9.97 Å². The number of aromatic hydroxyl groups is 1. The number of carbonyl (C=O) groups is 1. The second-order valence-corrected chi connectivity index (χ2v) is 6.21. The molecule has 0 bridgehead atoms. The largest absolute Gasteiger partial charge is 0.479 e. The summed E-state index contributed by atoms with van der Waals surface area (Å²) < 4.78 is 10.0. The number of ether oxygens (including phenoxy) is 1. The molecule has 0 aliphatic carbocycles. The molecule has 28 heavy (non-hydrogen) atoms. The molecule has 0 amide bonds. The normalized spacial score (nSPS) is 11.0. The summed E-state index contributed by atoms with van der Waals surface area (Å²) in [5.74, 6) is -0.721. The Kier molecular flexibility index (Phi) is 5.75. The summed E-state index contributed by atoms with van der Waals surface area (Å²) in [4.78, 5) is 34.1. The molecule has 0 aliphatic heterocycles. The zero-order valence-corrected chi connectivity index (χ0v) is 15.4. The maximum atomic E-state index is 11.5. The zero-order valence-electron chi connectivity index (χ0n) is 14.6. The van der Waals surface area contributed by atoms with E-state index in [0.29, 0.717) is 23.0 Å². The highest BCUT2D eigenvalue weighted by molar-refractivity contribution is 7.13. The van der Waals surface area contributed by atoms with Gasteiger partial charge >= 0.3 is 11.9 Å². The van der Waals surface area contributed by atoms with Gasteiger partial charge in [-0.1, -0.05) is 0 Å². The molecule has 2 aromatic heterocycles. The van der Waals surface area contributed by atoms with Crippen molar-refractivity contribution in [3.05, 3.63) is 51.1 Å². The number of non-ortho nitro benzene ring substituents is 1. The number of hydrogen-bond acceptors (Lipinski definition) is 10. The fourth-order valence-corrected chi connectivity index (χ4v) is 2.83. The summed E-state index contributed by atoms with van der Waals surface area (Å²) in [7, 11) is 0. The van der Waals surface area contributed by atoms with E-state index < -0.39 is 10.9 Å². The predicted octanol–water partition coefficient (Wildman–Crippen LogP) is 3.27. The van der Waals surface area contributed by atoms with Crippen molar-refractivity contribution in [3.63, 3.8) is 0 Å². The van der Waals surface area contributed by atoms with E-state index in [1.54, 1.807) is 12.3 Å². The van der Waals surface area contributed by atoms with Gasteiger partial charge in [0, 0.05) is 23.1 Å². The van der Waals surface area contributed by atoms with E-state index in [-0.39, 0.29) is 29.7 Å². The van der Waals surface area contributed by atoms with Crippen molar-refractivity contribution in [2.45, 2.75) is 13.3 Å². The van der Waals surface area contributed by atoms with Crippen molar-refractivity contribution in [3.8, 4) is 17.4 Å². The Bertz CT molecular complexity index is 1020. The van der Waals surface area contributed by atoms with E-state index >= 15 is 0 Å². The molecule has 11 heteroatoms. The number of hydrogen-bond donors (Lipinski definition) is 1. The van der Waals surface area contributed by atoms with Crippen molar-refractivity contribution >= 4 is 34.3 Å². The lowest BCUT2D eigenvalue weighted by molar-refractivity contribution is -0.384. The first-order chi connectivity index (χ1) is 13.5. The first-order valence-electron chi connectivity index (χ1n) is 8.05. The van der Waals surface area contributed by atoms with Gasteiger partial charge in [0.1, 0.15) is 0 Å². The molecular weight excluding hydrogens is 388 g/mol. The number of oxazole rings is 1. The van der Waals surface area contributed by atoms with Gasteiger partial charge in [-0.25, -0.2) is 15.0 Å². The number of rotatable bonds is 7. The van der Waals surface area contributed by atoms with Gasteiger partial charge < -0.3 is 14.3 Å². The van der Waals surface area contributed by atoms with Gasteiger partial charge in [-0.2, -0.15) is 0 Å². The van der Waals surface area contributed by atoms with E-state index in [1.807, 2.05) is 0 Å². The Morgan fingerprint density at radius 1 is 1.39 bits per heavy atom. The summed E-state index contributed by atoms with van der Waals surface area (Å²) in [5.41, 5.74) is 1.01. The first-order valence-corrected chi connectivity index (χ1v) is 8.93. The molecule has 0 aliphatic rings. The average molecular weight is 402 g/mol. The predicted molar refractivity (Wildman–Crippen MR) is 100.0 cm³/mol. The maximum Gasteiger partial charge on any atom is 0.312 e. The van der Waals surface area contributed by atoms with E-state index in [4.69, 9.17) is 9.15 Å². The molecule has 0 fully saturated rings. The second kappa shape index (κ2) is 8.39. The van der Waals surface area contributed by atoms with Gasteiger partial charge in [-0.05, 0) is 19.1 Å².